The van der Waals surface area contributed by atoms with Gasteiger partial charge in [-0.1, -0.05) is 24.3 Å². The maximum atomic E-state index is 10.9. The fourth-order valence-corrected chi connectivity index (χ4v) is 1.86. The maximum absolute atomic E-state index is 10.9. The average Bonchev–Trinajstić information content (AvgIpc) is 2.68. The number of carboxylic acid groups (broad SMARTS) is 1. The number of fused-ring (bicyclic) bond motifs is 2. The Bertz CT molecular complexity index is 511. The van der Waals surface area contributed by atoms with Crippen molar-refractivity contribution in [3.05, 3.63) is 36.0 Å². The molecule has 0 spiro atoms. The van der Waals surface area contributed by atoms with Crippen LogP contribution >= 0.6 is 0 Å². The van der Waals surface area contributed by atoms with Gasteiger partial charge in [-0.05, 0) is 11.6 Å². The smallest absolute Gasteiger partial charge is 0.355 e. The van der Waals surface area contributed by atoms with Crippen LogP contribution in [-0.2, 0) is 9.53 Å². The molecule has 0 saturated carbocycles. The standard InChI is InChI=1S/C11H8N2O3/c14-11(15)9-10-7(12-13-9)5-6-3-1-2-4-8(6)16-10/h1-5,8,10H,(H,14,15). The number of carbonyl (C=O) groups is 1. The highest BCUT2D eigenvalue weighted by Crippen LogP contribution is 2.25. The predicted octanol–water partition coefficient (Wildman–Crippen LogP) is 0.701. The summed E-state index contributed by atoms with van der Waals surface area (Å²) in [4.78, 5) is 10.9. The van der Waals surface area contributed by atoms with Crippen molar-refractivity contribution in [3.8, 4) is 0 Å². The summed E-state index contributed by atoms with van der Waals surface area (Å²) in [6, 6.07) is 0. The van der Waals surface area contributed by atoms with Crippen LogP contribution < -0.4 is 0 Å². The number of hydrogen-bond acceptors (Lipinski definition) is 4. The normalized spacial score (nSPS) is 30.1. The molecule has 2 unspecified atom stereocenters. The van der Waals surface area contributed by atoms with E-state index in [-0.39, 0.29) is 11.8 Å². The molecule has 16 heavy (non-hydrogen) atoms. The highest BCUT2D eigenvalue weighted by Gasteiger charge is 2.37. The molecule has 0 fully saturated rings. The highest BCUT2D eigenvalue weighted by molar-refractivity contribution is 6.44. The van der Waals surface area contributed by atoms with Gasteiger partial charge in [0.1, 0.15) is 6.10 Å². The second kappa shape index (κ2) is 3.24. The molecule has 0 saturated heterocycles. The maximum Gasteiger partial charge on any atom is 0.355 e. The van der Waals surface area contributed by atoms with Crippen molar-refractivity contribution >= 4 is 17.4 Å². The van der Waals surface area contributed by atoms with Crippen LogP contribution in [-0.4, -0.2) is 34.7 Å². The molecule has 2 aliphatic heterocycles. The molecule has 0 aromatic heterocycles. The summed E-state index contributed by atoms with van der Waals surface area (Å²) in [6.07, 6.45) is 8.57. The second-order valence-electron chi connectivity index (χ2n) is 3.64. The molecule has 0 bridgehead atoms. The minimum atomic E-state index is -1.09. The van der Waals surface area contributed by atoms with Crippen LogP contribution in [0.5, 0.6) is 0 Å². The first-order valence-corrected chi connectivity index (χ1v) is 4.86. The zero-order chi connectivity index (χ0) is 11.1. The molecule has 0 aromatic carbocycles. The quantitative estimate of drug-likeness (QED) is 0.701. The molecule has 5 heteroatoms. The van der Waals surface area contributed by atoms with E-state index in [4.69, 9.17) is 9.84 Å². The van der Waals surface area contributed by atoms with Crippen molar-refractivity contribution in [1.29, 1.82) is 0 Å². The number of nitrogens with zero attached hydrogens (tertiary/aromatic N) is 2. The van der Waals surface area contributed by atoms with Crippen molar-refractivity contribution in [1.82, 2.24) is 0 Å². The van der Waals surface area contributed by atoms with Gasteiger partial charge in [0.25, 0.3) is 0 Å². The summed E-state index contributed by atoms with van der Waals surface area (Å²) in [6.45, 7) is 0. The molecular formula is C11H8N2O3. The molecule has 0 radical (unpaired) electrons. The van der Waals surface area contributed by atoms with E-state index in [2.05, 4.69) is 10.2 Å². The molecule has 3 aliphatic rings. The number of hydrogen-bond donors (Lipinski definition) is 1. The lowest BCUT2D eigenvalue weighted by atomic mass is 9.96. The first-order chi connectivity index (χ1) is 7.75. The Morgan fingerprint density at radius 3 is 3.06 bits per heavy atom. The number of rotatable bonds is 1. The molecule has 3 rings (SSSR count). The minimum absolute atomic E-state index is 0.0479. The van der Waals surface area contributed by atoms with Gasteiger partial charge in [0.05, 0.1) is 5.71 Å². The van der Waals surface area contributed by atoms with Crippen LogP contribution in [0.3, 0.4) is 0 Å². The molecule has 1 aliphatic carbocycles. The molecule has 80 valence electrons. The van der Waals surface area contributed by atoms with E-state index < -0.39 is 12.1 Å². The van der Waals surface area contributed by atoms with Gasteiger partial charge in [-0.25, -0.2) is 4.79 Å². The summed E-state index contributed by atoms with van der Waals surface area (Å²) in [5, 5.41) is 16.4. The Kier molecular flexibility index (Phi) is 1.87. The third-order valence-electron chi connectivity index (χ3n) is 2.62. The molecular weight excluding hydrogens is 208 g/mol. The van der Waals surface area contributed by atoms with Crippen LogP contribution in [0.1, 0.15) is 0 Å². The van der Waals surface area contributed by atoms with Crippen LogP contribution in [0.15, 0.2) is 46.2 Å². The Balaban J connectivity index is 1.97. The zero-order valence-corrected chi connectivity index (χ0v) is 8.20. The van der Waals surface area contributed by atoms with Gasteiger partial charge in [-0.3, -0.25) is 0 Å². The third kappa shape index (κ3) is 1.25. The summed E-state index contributed by atoms with van der Waals surface area (Å²) in [7, 11) is 0. The topological polar surface area (TPSA) is 71.2 Å². The molecule has 5 nitrogen and oxygen atoms in total. The molecule has 0 amide bonds. The van der Waals surface area contributed by atoms with Crippen molar-refractivity contribution in [2.75, 3.05) is 0 Å². The average molecular weight is 216 g/mol. The Hall–Kier alpha value is -2.01. The summed E-state index contributed by atoms with van der Waals surface area (Å²) in [5.74, 6) is -1.09. The fourth-order valence-electron chi connectivity index (χ4n) is 1.86. The van der Waals surface area contributed by atoms with E-state index >= 15 is 0 Å². The molecule has 1 N–H and O–H groups in total. The van der Waals surface area contributed by atoms with Crippen molar-refractivity contribution < 1.29 is 14.6 Å². The van der Waals surface area contributed by atoms with E-state index in [0.717, 1.165) is 5.57 Å². The third-order valence-corrected chi connectivity index (χ3v) is 2.62. The number of carboxylic acids is 1. The first kappa shape index (κ1) is 9.23. The number of aliphatic carboxylic acids is 1. The zero-order valence-electron chi connectivity index (χ0n) is 8.20. The second-order valence-corrected chi connectivity index (χ2v) is 3.64. The number of ether oxygens (including phenoxy) is 1. The fraction of sp³-hybridized carbons (Fsp3) is 0.182. The SMILES string of the molecule is O=C(O)C1=NN=C2C=C3C=CC=CC3OC21. The van der Waals surface area contributed by atoms with Gasteiger partial charge < -0.3 is 9.84 Å². The van der Waals surface area contributed by atoms with E-state index in [1.54, 1.807) is 0 Å². The molecule has 2 heterocycles. The van der Waals surface area contributed by atoms with E-state index in [1.807, 2.05) is 30.4 Å². The Morgan fingerprint density at radius 2 is 2.25 bits per heavy atom. The van der Waals surface area contributed by atoms with Crippen LogP contribution in [0.25, 0.3) is 0 Å². The summed E-state index contributed by atoms with van der Waals surface area (Å²) < 4.78 is 5.64. The van der Waals surface area contributed by atoms with Crippen molar-refractivity contribution in [2.24, 2.45) is 10.2 Å². The first-order valence-electron chi connectivity index (χ1n) is 4.86. The van der Waals surface area contributed by atoms with Crippen LogP contribution in [0, 0.1) is 0 Å². The van der Waals surface area contributed by atoms with E-state index in [9.17, 15) is 4.79 Å². The monoisotopic (exact) mass is 216 g/mol. The van der Waals surface area contributed by atoms with Gasteiger partial charge in [0.2, 0.25) is 0 Å². The Labute approximate surface area is 91.1 Å². The van der Waals surface area contributed by atoms with Crippen molar-refractivity contribution in [2.45, 2.75) is 12.2 Å². The van der Waals surface area contributed by atoms with E-state index in [0.29, 0.717) is 5.71 Å². The number of allylic oxidation sites excluding steroid dienone is 2. The van der Waals surface area contributed by atoms with Gasteiger partial charge >= 0.3 is 5.97 Å². The Morgan fingerprint density at radius 1 is 1.38 bits per heavy atom. The van der Waals surface area contributed by atoms with Crippen LogP contribution in [0.4, 0.5) is 0 Å². The molecule has 0 aromatic rings. The minimum Gasteiger partial charge on any atom is -0.477 e. The highest BCUT2D eigenvalue weighted by atomic mass is 16.5. The summed E-state index contributed by atoms with van der Waals surface area (Å²) in [5.41, 5.74) is 1.48. The lowest BCUT2D eigenvalue weighted by Crippen LogP contribution is -2.40. The summed E-state index contributed by atoms with van der Waals surface area (Å²) >= 11 is 0. The van der Waals surface area contributed by atoms with Gasteiger partial charge in [0, 0.05) is 0 Å². The van der Waals surface area contributed by atoms with Gasteiger partial charge in [-0.2, -0.15) is 5.10 Å². The van der Waals surface area contributed by atoms with Gasteiger partial charge in [-0.15, -0.1) is 5.10 Å². The van der Waals surface area contributed by atoms with Crippen LogP contribution in [0.2, 0.25) is 0 Å². The largest absolute Gasteiger partial charge is 0.477 e. The lowest BCUT2D eigenvalue weighted by Gasteiger charge is -2.26. The van der Waals surface area contributed by atoms with Gasteiger partial charge in [0.15, 0.2) is 11.8 Å². The predicted molar refractivity (Wildman–Crippen MR) is 57.5 cm³/mol. The van der Waals surface area contributed by atoms with Crippen molar-refractivity contribution in [3.63, 3.8) is 0 Å². The lowest BCUT2D eigenvalue weighted by molar-refractivity contribution is -0.129. The van der Waals surface area contributed by atoms with E-state index in [1.165, 1.54) is 0 Å². The molecule has 2 atom stereocenters.